The van der Waals surface area contributed by atoms with E-state index in [1.54, 1.807) is 13.4 Å². The zero-order valence-electron chi connectivity index (χ0n) is 21.6. The van der Waals surface area contributed by atoms with E-state index in [0.29, 0.717) is 23.1 Å². The number of hydrogen-bond donors (Lipinski definition) is 0. The van der Waals surface area contributed by atoms with Gasteiger partial charge >= 0.3 is 0 Å². The number of aromatic nitrogens is 6. The van der Waals surface area contributed by atoms with E-state index in [4.69, 9.17) is 24.6 Å². The Hall–Kier alpha value is -3.72. The highest BCUT2D eigenvalue weighted by Gasteiger charge is 2.31. The number of nitrogens with zero attached hydrogens (tertiary/aromatic N) is 6. The summed E-state index contributed by atoms with van der Waals surface area (Å²) in [5, 5.41) is 4.82. The number of aryl methyl sites for hydroxylation is 2. The van der Waals surface area contributed by atoms with Crippen molar-refractivity contribution in [3.05, 3.63) is 65.5 Å². The van der Waals surface area contributed by atoms with Crippen molar-refractivity contribution >= 4 is 0 Å². The molecule has 0 bridgehead atoms. The molecule has 0 saturated carbocycles. The molecule has 0 amide bonds. The van der Waals surface area contributed by atoms with Gasteiger partial charge in [0.15, 0.2) is 5.82 Å². The van der Waals surface area contributed by atoms with Gasteiger partial charge in [-0.1, -0.05) is 39.0 Å². The Morgan fingerprint density at radius 3 is 2.58 bits per heavy atom. The molecule has 1 atom stereocenters. The van der Waals surface area contributed by atoms with Gasteiger partial charge in [0.25, 0.3) is 5.88 Å². The predicted molar refractivity (Wildman–Crippen MR) is 136 cm³/mol. The van der Waals surface area contributed by atoms with E-state index in [1.165, 1.54) is 12.7 Å². The Balaban J connectivity index is 1.56. The molecular formula is C27H32N6O3. The molecule has 0 radical (unpaired) electrons. The molecule has 9 heteroatoms. The average Bonchev–Trinajstić information content (AvgIpc) is 3.49. The van der Waals surface area contributed by atoms with Gasteiger partial charge in [-0.25, -0.2) is 19.6 Å². The molecular weight excluding hydrogens is 456 g/mol. The SMILES string of the molecule is COOc1nc(-c2nc3n(n2)CCCC3c2cccc(C(C)(C)C)c2OC)ccc1-n1cnc(C)c1. The Kier molecular flexibility index (Phi) is 6.26. The maximum Gasteiger partial charge on any atom is 0.281 e. The summed E-state index contributed by atoms with van der Waals surface area (Å²) in [6.07, 6.45) is 5.60. The molecule has 3 aromatic heterocycles. The lowest BCUT2D eigenvalue weighted by Gasteiger charge is -2.28. The fraction of sp³-hybridized carbons (Fsp3) is 0.407. The van der Waals surface area contributed by atoms with E-state index in [-0.39, 0.29) is 11.3 Å². The van der Waals surface area contributed by atoms with Gasteiger partial charge in [-0.2, -0.15) is 4.89 Å². The zero-order valence-corrected chi connectivity index (χ0v) is 21.6. The van der Waals surface area contributed by atoms with E-state index in [1.807, 2.05) is 34.5 Å². The standard InChI is InChI=1S/C27H32N6O3/c1-17-15-32(16-28-17)22-13-12-21(29-26(22)36-35-6)24-30-25-19(10-8-14-33(25)31-24)18-9-7-11-20(23(18)34-5)27(2,3)4/h7,9,11-13,15-16,19H,8,10,14H2,1-6H3. The third kappa shape index (κ3) is 4.35. The lowest BCUT2D eigenvalue weighted by molar-refractivity contribution is -0.181. The first-order chi connectivity index (χ1) is 17.3. The first kappa shape index (κ1) is 24.0. The molecule has 1 unspecified atom stereocenters. The minimum atomic E-state index is -0.0357. The number of fused-ring (bicyclic) bond motifs is 1. The van der Waals surface area contributed by atoms with Gasteiger partial charge in [-0.05, 0) is 42.9 Å². The monoisotopic (exact) mass is 488 g/mol. The molecule has 1 aliphatic rings. The van der Waals surface area contributed by atoms with Crippen LogP contribution in [0.2, 0.25) is 0 Å². The molecule has 36 heavy (non-hydrogen) atoms. The number of methoxy groups -OCH3 is 1. The molecule has 5 rings (SSSR count). The number of hydrogen-bond acceptors (Lipinski definition) is 7. The molecule has 0 saturated heterocycles. The minimum absolute atomic E-state index is 0.0357. The molecule has 0 aliphatic carbocycles. The molecule has 0 spiro atoms. The lowest BCUT2D eigenvalue weighted by atomic mass is 9.82. The number of ether oxygens (including phenoxy) is 1. The third-order valence-electron chi connectivity index (χ3n) is 6.53. The highest BCUT2D eigenvalue weighted by atomic mass is 17.2. The van der Waals surface area contributed by atoms with E-state index in [2.05, 4.69) is 48.9 Å². The van der Waals surface area contributed by atoms with E-state index in [0.717, 1.165) is 42.2 Å². The van der Waals surface area contributed by atoms with Crippen molar-refractivity contribution < 1.29 is 14.5 Å². The predicted octanol–water partition coefficient (Wildman–Crippen LogP) is 5.01. The Morgan fingerprint density at radius 1 is 1.06 bits per heavy atom. The summed E-state index contributed by atoms with van der Waals surface area (Å²) in [7, 11) is 3.20. The Labute approximate surface area is 211 Å². The fourth-order valence-electron chi connectivity index (χ4n) is 4.85. The quantitative estimate of drug-likeness (QED) is 0.278. The summed E-state index contributed by atoms with van der Waals surface area (Å²) >= 11 is 0. The van der Waals surface area contributed by atoms with Crippen molar-refractivity contribution in [2.45, 2.75) is 58.4 Å². The summed E-state index contributed by atoms with van der Waals surface area (Å²) in [6.45, 7) is 9.36. The van der Waals surface area contributed by atoms with E-state index < -0.39 is 0 Å². The second kappa shape index (κ2) is 9.39. The molecule has 0 N–H and O–H groups in total. The summed E-state index contributed by atoms with van der Waals surface area (Å²) in [4.78, 5) is 24.3. The summed E-state index contributed by atoms with van der Waals surface area (Å²) in [5.41, 5.74) is 4.51. The molecule has 9 nitrogen and oxygen atoms in total. The molecule has 4 aromatic rings. The second-order valence-electron chi connectivity index (χ2n) is 10.1. The van der Waals surface area contributed by atoms with Crippen molar-refractivity contribution in [2.24, 2.45) is 0 Å². The number of imidazole rings is 1. The van der Waals surface area contributed by atoms with E-state index in [9.17, 15) is 0 Å². The topological polar surface area (TPSA) is 89.1 Å². The van der Waals surface area contributed by atoms with Gasteiger partial charge in [0, 0.05) is 24.2 Å². The zero-order chi connectivity index (χ0) is 25.4. The van der Waals surface area contributed by atoms with Crippen LogP contribution in [0.5, 0.6) is 11.6 Å². The van der Waals surface area contributed by atoms with Crippen LogP contribution in [0.3, 0.4) is 0 Å². The Bertz CT molecular complexity index is 1380. The fourth-order valence-corrected chi connectivity index (χ4v) is 4.85. The number of benzene rings is 1. The molecule has 4 heterocycles. The van der Waals surface area contributed by atoms with E-state index >= 15 is 0 Å². The van der Waals surface area contributed by atoms with Crippen molar-refractivity contribution in [3.8, 4) is 28.8 Å². The van der Waals surface area contributed by atoms with Crippen molar-refractivity contribution in [1.29, 1.82) is 0 Å². The maximum atomic E-state index is 5.95. The van der Waals surface area contributed by atoms with Crippen LogP contribution in [0.15, 0.2) is 42.9 Å². The second-order valence-corrected chi connectivity index (χ2v) is 10.1. The van der Waals surface area contributed by atoms with Crippen LogP contribution < -0.4 is 9.62 Å². The van der Waals surface area contributed by atoms with Crippen LogP contribution in [-0.2, 0) is 16.8 Å². The van der Waals surface area contributed by atoms with Crippen molar-refractivity contribution in [2.75, 3.05) is 14.2 Å². The average molecular weight is 489 g/mol. The highest BCUT2D eigenvalue weighted by Crippen LogP contribution is 2.42. The summed E-state index contributed by atoms with van der Waals surface area (Å²) in [5.74, 6) is 2.81. The number of para-hydroxylation sites is 1. The first-order valence-electron chi connectivity index (χ1n) is 12.2. The minimum Gasteiger partial charge on any atom is -0.496 e. The first-order valence-corrected chi connectivity index (χ1v) is 12.2. The smallest absolute Gasteiger partial charge is 0.281 e. The van der Waals surface area contributed by atoms with Gasteiger partial charge in [0.2, 0.25) is 0 Å². The normalized spacial score (nSPS) is 15.6. The largest absolute Gasteiger partial charge is 0.496 e. The third-order valence-corrected chi connectivity index (χ3v) is 6.53. The van der Waals surface area contributed by atoms with Crippen LogP contribution in [0, 0.1) is 6.92 Å². The van der Waals surface area contributed by atoms with Crippen LogP contribution in [0.1, 0.15) is 62.2 Å². The molecule has 188 valence electrons. The lowest BCUT2D eigenvalue weighted by Crippen LogP contribution is -2.20. The maximum absolute atomic E-state index is 5.95. The Morgan fingerprint density at radius 2 is 1.89 bits per heavy atom. The molecule has 1 aromatic carbocycles. The highest BCUT2D eigenvalue weighted by molar-refractivity contribution is 5.56. The number of rotatable bonds is 6. The van der Waals surface area contributed by atoms with Gasteiger partial charge in [-0.15, -0.1) is 5.10 Å². The van der Waals surface area contributed by atoms with Crippen LogP contribution in [0.25, 0.3) is 17.2 Å². The van der Waals surface area contributed by atoms with Gasteiger partial charge < -0.3 is 14.2 Å². The van der Waals surface area contributed by atoms with Gasteiger partial charge in [-0.3, -0.25) is 0 Å². The summed E-state index contributed by atoms with van der Waals surface area (Å²) < 4.78 is 9.80. The van der Waals surface area contributed by atoms with Crippen molar-refractivity contribution in [1.82, 2.24) is 29.3 Å². The molecule has 1 aliphatic heterocycles. The summed E-state index contributed by atoms with van der Waals surface area (Å²) in [6, 6.07) is 10.2. The van der Waals surface area contributed by atoms with Crippen LogP contribution >= 0.6 is 0 Å². The van der Waals surface area contributed by atoms with Gasteiger partial charge in [0.1, 0.15) is 23.0 Å². The van der Waals surface area contributed by atoms with Crippen molar-refractivity contribution in [3.63, 3.8) is 0 Å². The number of pyridine rings is 1. The van der Waals surface area contributed by atoms with Crippen LogP contribution in [0.4, 0.5) is 0 Å². The van der Waals surface area contributed by atoms with Gasteiger partial charge in [0.05, 0.1) is 26.2 Å². The van der Waals surface area contributed by atoms with Crippen LogP contribution in [-0.4, -0.2) is 43.5 Å². The molecule has 0 fully saturated rings.